The first-order valence-electron chi connectivity index (χ1n) is 21.3. The minimum Gasteiger partial charge on any atom is -0.310 e. The molecule has 0 heterocycles. The number of benzene rings is 9. The molecule has 0 N–H and O–H groups in total. The highest BCUT2D eigenvalue weighted by Gasteiger charge is 2.51. The Balaban J connectivity index is 1.01. The Kier molecular flexibility index (Phi) is 8.37. The molecule has 0 saturated carbocycles. The maximum absolute atomic E-state index is 3.56. The van der Waals surface area contributed by atoms with E-state index in [1.54, 1.807) is 0 Å². The van der Waals surface area contributed by atoms with Crippen LogP contribution >= 0.6 is 0 Å². The predicted octanol–water partition coefficient (Wildman–Crippen LogP) is 15.8. The van der Waals surface area contributed by atoms with Gasteiger partial charge in [-0.05, 0) is 144 Å². The van der Waals surface area contributed by atoms with Crippen LogP contribution in [0, 0.1) is 12.1 Å². The number of rotatable bonds is 7. The van der Waals surface area contributed by atoms with Gasteiger partial charge in [-0.15, -0.1) is 0 Å². The molecule has 12 rings (SSSR count). The zero-order valence-electron chi connectivity index (χ0n) is 34.0. The van der Waals surface area contributed by atoms with E-state index in [-0.39, 0.29) is 0 Å². The fraction of sp³-hybridized carbons (Fsp3) is 0.0164. The Labute approximate surface area is 363 Å². The van der Waals surface area contributed by atoms with Gasteiger partial charge in [-0.2, -0.15) is 0 Å². The summed E-state index contributed by atoms with van der Waals surface area (Å²) in [6.07, 6.45) is 0. The summed E-state index contributed by atoms with van der Waals surface area (Å²) in [5.74, 6) is 0. The summed E-state index contributed by atoms with van der Waals surface area (Å²) in [4.78, 5) is 2.41. The molecule has 2 aliphatic carbocycles. The van der Waals surface area contributed by atoms with E-state index in [9.17, 15) is 0 Å². The van der Waals surface area contributed by atoms with Crippen LogP contribution in [0.5, 0.6) is 0 Å². The van der Waals surface area contributed by atoms with Crippen LogP contribution in [0.15, 0.2) is 237 Å². The highest BCUT2D eigenvalue weighted by atomic mass is 15.1. The quantitative estimate of drug-likeness (QED) is 0.156. The second-order valence-corrected chi connectivity index (χ2v) is 16.3. The van der Waals surface area contributed by atoms with Crippen LogP contribution in [-0.2, 0) is 5.41 Å². The van der Waals surface area contributed by atoms with E-state index in [2.05, 4.69) is 248 Å². The fourth-order valence-corrected chi connectivity index (χ4v) is 10.1. The maximum atomic E-state index is 3.56. The summed E-state index contributed by atoms with van der Waals surface area (Å²) >= 11 is 0. The molecule has 0 bridgehead atoms. The molecule has 0 saturated heterocycles. The SMILES string of the molecule is c1ccc2c(c#1)-c1ccc(N(c3ccc(-c4cccc(-c5ccccc5)c4)cc3)c3ccc(-c4cccc(-c5ccccc5)c4)cc3)cc1C21c2ccccc2-c2ccccc21. The largest absolute Gasteiger partial charge is 0.310 e. The third kappa shape index (κ3) is 5.66. The molecule has 1 spiro atoms. The smallest absolute Gasteiger partial charge is 0.0733 e. The highest BCUT2D eigenvalue weighted by molar-refractivity contribution is 5.96. The third-order valence-corrected chi connectivity index (χ3v) is 12.9. The number of hydrogen-bond acceptors (Lipinski definition) is 1. The van der Waals surface area contributed by atoms with E-state index >= 15 is 0 Å². The van der Waals surface area contributed by atoms with Crippen molar-refractivity contribution in [2.75, 3.05) is 4.90 Å². The molecular weight excluding hydrogens is 747 g/mol. The number of anilines is 3. The van der Waals surface area contributed by atoms with Crippen LogP contribution in [0.3, 0.4) is 0 Å². The molecule has 10 aromatic rings. The summed E-state index contributed by atoms with van der Waals surface area (Å²) in [5.41, 5.74) is 22.4. The van der Waals surface area contributed by atoms with E-state index in [1.807, 2.05) is 6.07 Å². The predicted molar refractivity (Wildman–Crippen MR) is 257 cm³/mol. The molecule has 0 fully saturated rings. The summed E-state index contributed by atoms with van der Waals surface area (Å²) in [7, 11) is 0. The average molecular weight is 786 g/mol. The van der Waals surface area contributed by atoms with Gasteiger partial charge in [0.05, 0.1) is 5.41 Å². The zero-order chi connectivity index (χ0) is 41.0. The Bertz CT molecular complexity index is 3080. The molecule has 2 aliphatic rings. The molecule has 1 heteroatoms. The maximum Gasteiger partial charge on any atom is 0.0733 e. The number of fused-ring (bicyclic) bond motifs is 10. The van der Waals surface area contributed by atoms with Crippen LogP contribution < -0.4 is 4.90 Å². The van der Waals surface area contributed by atoms with Gasteiger partial charge < -0.3 is 4.90 Å². The summed E-state index contributed by atoms with van der Waals surface area (Å²) in [6, 6.07) is 93.1. The van der Waals surface area contributed by atoms with Crippen LogP contribution in [0.1, 0.15) is 22.3 Å². The van der Waals surface area contributed by atoms with Crippen molar-refractivity contribution in [1.82, 2.24) is 0 Å². The van der Waals surface area contributed by atoms with Crippen molar-refractivity contribution in [2.24, 2.45) is 0 Å². The van der Waals surface area contributed by atoms with Gasteiger partial charge in [-0.3, -0.25) is 0 Å². The molecule has 0 unspecified atom stereocenters. The van der Waals surface area contributed by atoms with Crippen molar-refractivity contribution in [3.8, 4) is 66.8 Å². The lowest BCUT2D eigenvalue weighted by molar-refractivity contribution is 0.794. The molecule has 0 atom stereocenters. The Morgan fingerprint density at radius 3 is 1.24 bits per heavy atom. The van der Waals surface area contributed by atoms with E-state index in [1.165, 1.54) is 83.5 Å². The van der Waals surface area contributed by atoms with Crippen LogP contribution in [0.25, 0.3) is 66.8 Å². The van der Waals surface area contributed by atoms with Crippen molar-refractivity contribution in [3.63, 3.8) is 0 Å². The number of nitrogens with zero attached hydrogens (tertiary/aromatic N) is 1. The molecule has 10 aromatic carbocycles. The first kappa shape index (κ1) is 35.7. The zero-order valence-corrected chi connectivity index (χ0v) is 34.0. The molecule has 288 valence electrons. The average Bonchev–Trinajstić information content (AvgIpc) is 3.82. The lowest BCUT2D eigenvalue weighted by atomic mass is 9.70. The second kappa shape index (κ2) is 14.5. The van der Waals surface area contributed by atoms with Gasteiger partial charge in [0.2, 0.25) is 0 Å². The minimum atomic E-state index is -0.480. The van der Waals surface area contributed by atoms with Crippen LogP contribution in [0.2, 0.25) is 0 Å². The Morgan fingerprint density at radius 2 is 0.726 bits per heavy atom. The first-order valence-corrected chi connectivity index (χ1v) is 21.3. The Hall–Kier alpha value is -8.18. The standard InChI is InChI=1S/C61H39N/c1-3-15-42(16-4-1)46-19-13-21-48(39-46)44-29-33-50(34-30-44)62(51-35-31-45(32-36-51)49-22-14-20-47(40-49)43-17-5-2-6-18-43)52-37-38-56-55-25-9-12-28-59(55)61(60(56)41-52)57-26-10-7-23-53(57)54-24-8-11-27-58(54)61/h1-8,10-24,26-41H. The monoisotopic (exact) mass is 785 g/mol. The third-order valence-electron chi connectivity index (χ3n) is 12.9. The van der Waals surface area contributed by atoms with Crippen molar-refractivity contribution in [1.29, 1.82) is 0 Å². The van der Waals surface area contributed by atoms with Gasteiger partial charge in [0.25, 0.3) is 0 Å². The van der Waals surface area contributed by atoms with Gasteiger partial charge in [0.15, 0.2) is 0 Å². The van der Waals surface area contributed by atoms with Crippen molar-refractivity contribution in [2.45, 2.75) is 5.41 Å². The van der Waals surface area contributed by atoms with E-state index < -0.39 is 5.41 Å². The summed E-state index contributed by atoms with van der Waals surface area (Å²) < 4.78 is 0. The van der Waals surface area contributed by atoms with Gasteiger partial charge in [-0.25, -0.2) is 0 Å². The van der Waals surface area contributed by atoms with Crippen LogP contribution in [-0.4, -0.2) is 0 Å². The lowest BCUT2D eigenvalue weighted by Crippen LogP contribution is -2.26. The fourth-order valence-electron chi connectivity index (χ4n) is 10.1. The molecular formula is C61H39N. The van der Waals surface area contributed by atoms with Gasteiger partial charge >= 0.3 is 0 Å². The second-order valence-electron chi connectivity index (χ2n) is 16.3. The molecule has 0 radical (unpaired) electrons. The molecule has 62 heavy (non-hydrogen) atoms. The normalized spacial score (nSPS) is 12.5. The van der Waals surface area contributed by atoms with Crippen molar-refractivity contribution < 1.29 is 0 Å². The van der Waals surface area contributed by atoms with E-state index in [4.69, 9.17) is 0 Å². The highest BCUT2D eigenvalue weighted by Crippen LogP contribution is 2.63. The molecule has 0 amide bonds. The molecule has 0 aliphatic heterocycles. The van der Waals surface area contributed by atoms with Gasteiger partial charge in [-0.1, -0.05) is 188 Å². The molecule has 1 nitrogen and oxygen atoms in total. The first-order chi connectivity index (χ1) is 30.7. The number of hydrogen-bond donors (Lipinski definition) is 0. The van der Waals surface area contributed by atoms with Crippen molar-refractivity contribution >= 4 is 17.1 Å². The van der Waals surface area contributed by atoms with E-state index in [0.29, 0.717) is 0 Å². The topological polar surface area (TPSA) is 3.24 Å². The van der Waals surface area contributed by atoms with Crippen LogP contribution in [0.4, 0.5) is 17.1 Å². The van der Waals surface area contributed by atoms with Crippen molar-refractivity contribution in [3.05, 3.63) is 271 Å². The van der Waals surface area contributed by atoms with Gasteiger partial charge in [0, 0.05) is 22.6 Å². The Morgan fingerprint density at radius 1 is 0.290 bits per heavy atom. The van der Waals surface area contributed by atoms with Gasteiger partial charge in [0.1, 0.15) is 0 Å². The lowest BCUT2D eigenvalue weighted by Gasteiger charge is -2.32. The van der Waals surface area contributed by atoms with E-state index in [0.717, 1.165) is 22.6 Å². The summed E-state index contributed by atoms with van der Waals surface area (Å²) in [6.45, 7) is 0. The minimum absolute atomic E-state index is 0.480. The summed E-state index contributed by atoms with van der Waals surface area (Å²) in [5, 5.41) is 0. The molecule has 0 aromatic heterocycles.